The molecule has 1 fully saturated rings. The number of carbonyl (C=O) groups is 2. The maximum absolute atomic E-state index is 13.0. The average Bonchev–Trinajstić information content (AvgIpc) is 3.01. The third kappa shape index (κ3) is 8.64. The molecule has 2 heterocycles. The maximum atomic E-state index is 13.0. The molecule has 1 aliphatic carbocycles. The Labute approximate surface area is 259 Å². The summed E-state index contributed by atoms with van der Waals surface area (Å²) < 4.78 is 77.7. The van der Waals surface area contributed by atoms with Crippen molar-refractivity contribution in [2.75, 3.05) is 10.6 Å². The van der Waals surface area contributed by atoms with Crippen LogP contribution in [-0.2, 0) is 34.8 Å². The van der Waals surface area contributed by atoms with Gasteiger partial charge in [-0.15, -0.1) is 10.2 Å². The third-order valence-corrected chi connectivity index (χ3v) is 7.65. The van der Waals surface area contributed by atoms with Crippen LogP contribution in [0.15, 0.2) is 72.8 Å². The zero-order chi connectivity index (χ0) is 32.9. The van der Waals surface area contributed by atoms with Crippen LogP contribution in [0.25, 0.3) is 0 Å². The molecule has 2 N–H and O–H groups in total. The summed E-state index contributed by atoms with van der Waals surface area (Å²) >= 11 is 0. The van der Waals surface area contributed by atoms with Crippen molar-refractivity contribution in [2.24, 2.45) is 0 Å². The fraction of sp³-hybridized carbons (Fsp3) is 0.312. The molecule has 0 spiro atoms. The highest BCUT2D eigenvalue weighted by Gasteiger charge is 2.31. The van der Waals surface area contributed by atoms with Crippen molar-refractivity contribution in [3.8, 4) is 0 Å². The first-order valence-corrected chi connectivity index (χ1v) is 14.4. The molecule has 1 saturated carbocycles. The second-order valence-electron chi connectivity index (χ2n) is 11.1. The number of hydrogen-bond donors (Lipinski definition) is 2. The molecule has 4 aromatic rings. The number of hydrogen-bond acceptors (Lipinski definition) is 6. The molecule has 2 aromatic heterocycles. The number of carbonyl (C=O) groups excluding carboxylic acids is 2. The lowest BCUT2D eigenvalue weighted by Gasteiger charge is -2.28. The van der Waals surface area contributed by atoms with E-state index in [0.717, 1.165) is 54.9 Å². The standard InChI is InChI=1S/C32H28F6N6O2/c33-31(34,35)23-8-1-4-19(14-23)16-29(45)39-27-12-10-25(41-43-27)21-6-3-7-22(18-21)26-11-13-28(44-42-26)40-30(46)17-20-5-2-9-24(15-20)32(36,37)38/h1-2,4-5,8-15,21-22H,3,6-7,16-18H2,(H,39,43,45)(H,40,44,46)/t21-,22-/m0/s1. The van der Waals surface area contributed by atoms with Gasteiger partial charge in [0.25, 0.3) is 0 Å². The first-order chi connectivity index (χ1) is 21.8. The Morgan fingerprint density at radius 1 is 0.630 bits per heavy atom. The van der Waals surface area contributed by atoms with Crippen molar-refractivity contribution in [2.45, 2.75) is 62.7 Å². The Morgan fingerprint density at radius 2 is 1.07 bits per heavy atom. The van der Waals surface area contributed by atoms with Crippen molar-refractivity contribution in [3.05, 3.63) is 106 Å². The maximum Gasteiger partial charge on any atom is 0.416 e. The number of rotatable bonds is 8. The average molecular weight is 643 g/mol. The van der Waals surface area contributed by atoms with Crippen molar-refractivity contribution in [3.63, 3.8) is 0 Å². The minimum absolute atomic E-state index is 0.0646. The lowest BCUT2D eigenvalue weighted by Crippen LogP contribution is -2.19. The molecule has 0 saturated heterocycles. The first-order valence-electron chi connectivity index (χ1n) is 14.4. The van der Waals surface area contributed by atoms with Crippen LogP contribution in [-0.4, -0.2) is 32.2 Å². The normalized spacial score (nSPS) is 16.9. The largest absolute Gasteiger partial charge is 0.416 e. The molecule has 0 radical (unpaired) electrons. The van der Waals surface area contributed by atoms with E-state index < -0.39 is 35.3 Å². The predicted molar refractivity (Wildman–Crippen MR) is 156 cm³/mol. The van der Waals surface area contributed by atoms with Gasteiger partial charge in [0.05, 0.1) is 35.4 Å². The summed E-state index contributed by atoms with van der Waals surface area (Å²) in [4.78, 5) is 24.8. The summed E-state index contributed by atoms with van der Waals surface area (Å²) in [6, 6.07) is 15.9. The summed E-state index contributed by atoms with van der Waals surface area (Å²) in [5, 5.41) is 21.9. The van der Waals surface area contributed by atoms with Gasteiger partial charge in [-0.1, -0.05) is 42.8 Å². The van der Waals surface area contributed by atoms with Crippen molar-refractivity contribution in [1.82, 2.24) is 20.4 Å². The quantitative estimate of drug-likeness (QED) is 0.198. The van der Waals surface area contributed by atoms with E-state index in [1.807, 2.05) is 0 Å². The van der Waals surface area contributed by atoms with Gasteiger partial charge in [-0.2, -0.15) is 36.5 Å². The zero-order valence-corrected chi connectivity index (χ0v) is 24.2. The van der Waals surface area contributed by atoms with E-state index in [-0.39, 0.29) is 47.4 Å². The molecule has 46 heavy (non-hydrogen) atoms. The van der Waals surface area contributed by atoms with Crippen LogP contribution in [0, 0.1) is 0 Å². The molecule has 2 aromatic carbocycles. The summed E-state index contributed by atoms with van der Waals surface area (Å²) in [5.41, 5.74) is 0.249. The number of alkyl halides is 6. The van der Waals surface area contributed by atoms with E-state index >= 15 is 0 Å². The smallest absolute Gasteiger partial charge is 0.309 e. The van der Waals surface area contributed by atoms with E-state index in [1.165, 1.54) is 24.3 Å². The second-order valence-corrected chi connectivity index (χ2v) is 11.1. The number of nitrogens with zero attached hydrogens (tertiary/aromatic N) is 4. The molecule has 5 rings (SSSR count). The van der Waals surface area contributed by atoms with Crippen LogP contribution >= 0.6 is 0 Å². The molecule has 0 unspecified atom stereocenters. The lowest BCUT2D eigenvalue weighted by atomic mass is 9.78. The highest BCUT2D eigenvalue weighted by Crippen LogP contribution is 2.40. The van der Waals surface area contributed by atoms with Crippen molar-refractivity contribution in [1.29, 1.82) is 0 Å². The van der Waals surface area contributed by atoms with Gasteiger partial charge in [0.1, 0.15) is 0 Å². The highest BCUT2D eigenvalue weighted by molar-refractivity contribution is 5.91. The summed E-state index contributed by atoms with van der Waals surface area (Å²) in [7, 11) is 0. The van der Waals surface area contributed by atoms with Gasteiger partial charge in [-0.3, -0.25) is 9.59 Å². The lowest BCUT2D eigenvalue weighted by molar-refractivity contribution is -0.138. The van der Waals surface area contributed by atoms with Crippen LogP contribution < -0.4 is 10.6 Å². The van der Waals surface area contributed by atoms with Crippen LogP contribution in [0.3, 0.4) is 0 Å². The van der Waals surface area contributed by atoms with Crippen LogP contribution in [0.2, 0.25) is 0 Å². The van der Waals surface area contributed by atoms with Gasteiger partial charge in [0.15, 0.2) is 11.6 Å². The second kappa shape index (κ2) is 13.6. The van der Waals surface area contributed by atoms with Gasteiger partial charge in [-0.05, 0) is 66.8 Å². The highest BCUT2D eigenvalue weighted by atomic mass is 19.4. The number of benzene rings is 2. The third-order valence-electron chi connectivity index (χ3n) is 7.65. The van der Waals surface area contributed by atoms with E-state index in [2.05, 4.69) is 31.0 Å². The minimum atomic E-state index is -4.50. The SMILES string of the molecule is O=C(Cc1cccc(C(F)(F)F)c1)Nc1ccc([C@H]2CCC[C@H](c3ccc(NC(=O)Cc4cccc(C(F)(F)F)c4)nn3)C2)nn1. The molecular weight excluding hydrogens is 614 g/mol. The Kier molecular flexibility index (Phi) is 9.63. The molecular formula is C32H28F6N6O2. The Balaban J connectivity index is 1.13. The molecule has 240 valence electrons. The monoisotopic (exact) mass is 642 g/mol. The molecule has 2 amide bonds. The van der Waals surface area contributed by atoms with Gasteiger partial charge in [-0.25, -0.2) is 0 Å². The zero-order valence-electron chi connectivity index (χ0n) is 24.2. The fourth-order valence-corrected chi connectivity index (χ4v) is 5.44. The topological polar surface area (TPSA) is 110 Å². The van der Waals surface area contributed by atoms with Gasteiger partial charge in [0, 0.05) is 11.8 Å². The number of amides is 2. The molecule has 1 aliphatic rings. The molecule has 14 heteroatoms. The van der Waals surface area contributed by atoms with Gasteiger partial charge in [0.2, 0.25) is 11.8 Å². The fourth-order valence-electron chi connectivity index (χ4n) is 5.44. The number of nitrogens with one attached hydrogen (secondary N) is 2. The molecule has 0 aliphatic heterocycles. The van der Waals surface area contributed by atoms with Crippen molar-refractivity contribution < 1.29 is 35.9 Å². The Morgan fingerprint density at radius 3 is 1.43 bits per heavy atom. The van der Waals surface area contributed by atoms with Gasteiger partial charge >= 0.3 is 12.4 Å². The van der Waals surface area contributed by atoms with E-state index in [9.17, 15) is 35.9 Å². The minimum Gasteiger partial charge on any atom is -0.309 e. The van der Waals surface area contributed by atoms with Crippen LogP contribution in [0.1, 0.15) is 71.2 Å². The van der Waals surface area contributed by atoms with Crippen molar-refractivity contribution >= 4 is 23.5 Å². The Hall–Kier alpha value is -4.88. The summed E-state index contributed by atoms with van der Waals surface area (Å²) in [5.74, 6) is -0.542. The van der Waals surface area contributed by atoms with E-state index in [4.69, 9.17) is 0 Å². The first kappa shape index (κ1) is 32.5. The van der Waals surface area contributed by atoms with E-state index in [1.54, 1.807) is 24.3 Å². The van der Waals surface area contributed by atoms with Gasteiger partial charge < -0.3 is 10.6 Å². The number of anilines is 2. The van der Waals surface area contributed by atoms with E-state index in [0.29, 0.717) is 6.42 Å². The predicted octanol–water partition coefficient (Wildman–Crippen LogP) is 7.11. The molecule has 2 atom stereocenters. The van der Waals surface area contributed by atoms with Crippen LogP contribution in [0.5, 0.6) is 0 Å². The molecule has 0 bridgehead atoms. The number of aromatic nitrogens is 4. The Bertz CT molecular complexity index is 1550. The summed E-state index contributed by atoms with van der Waals surface area (Å²) in [6.07, 6.45) is -6.17. The number of halogens is 6. The summed E-state index contributed by atoms with van der Waals surface area (Å²) in [6.45, 7) is 0. The molecule has 8 nitrogen and oxygen atoms in total. The van der Waals surface area contributed by atoms with Crippen LogP contribution in [0.4, 0.5) is 38.0 Å².